The van der Waals surface area contributed by atoms with Crippen LogP contribution in [0, 0.1) is 11.6 Å². The minimum absolute atomic E-state index is 0.00682. The maximum Gasteiger partial charge on any atom is 0.162 e. The van der Waals surface area contributed by atoms with Crippen LogP contribution in [0.15, 0.2) is 53.1 Å². The normalized spacial score (nSPS) is 12.8. The molecule has 102 valence electrons. The molecule has 1 heterocycles. The van der Waals surface area contributed by atoms with Gasteiger partial charge in [0.15, 0.2) is 11.6 Å². The summed E-state index contributed by atoms with van der Waals surface area (Å²) in [5.41, 5.74) is 1.37. The summed E-state index contributed by atoms with van der Waals surface area (Å²) >= 11 is 0. The lowest BCUT2D eigenvalue weighted by molar-refractivity contribution is 0.177. The number of aliphatic hydroxyl groups is 1. The van der Waals surface area contributed by atoms with E-state index in [0.717, 1.165) is 11.5 Å². The van der Waals surface area contributed by atoms with Gasteiger partial charge >= 0.3 is 0 Å². The van der Waals surface area contributed by atoms with E-state index >= 15 is 0 Å². The van der Waals surface area contributed by atoms with Crippen LogP contribution >= 0.6 is 0 Å². The summed E-state index contributed by atoms with van der Waals surface area (Å²) in [5.74, 6) is -1.83. The number of halogens is 2. The Labute approximate surface area is 114 Å². The van der Waals surface area contributed by atoms with Crippen LogP contribution in [0.5, 0.6) is 0 Å². The molecule has 2 nitrogen and oxygen atoms in total. The molecule has 3 aromatic rings. The van der Waals surface area contributed by atoms with E-state index in [1.807, 2.05) is 18.2 Å². The number of benzene rings is 2. The van der Waals surface area contributed by atoms with Crippen molar-refractivity contribution in [2.75, 3.05) is 0 Å². The van der Waals surface area contributed by atoms with E-state index < -0.39 is 17.7 Å². The van der Waals surface area contributed by atoms with E-state index in [1.165, 1.54) is 18.4 Å². The van der Waals surface area contributed by atoms with Crippen molar-refractivity contribution in [2.45, 2.75) is 12.5 Å². The Kier molecular flexibility index (Phi) is 3.24. The van der Waals surface area contributed by atoms with Crippen molar-refractivity contribution >= 4 is 11.0 Å². The van der Waals surface area contributed by atoms with Gasteiger partial charge in [-0.05, 0) is 17.7 Å². The smallest absolute Gasteiger partial charge is 0.162 e. The Bertz CT molecular complexity index is 749. The number of para-hydroxylation sites is 1. The van der Waals surface area contributed by atoms with Crippen LogP contribution in [0.4, 0.5) is 8.78 Å². The summed E-state index contributed by atoms with van der Waals surface area (Å²) in [5, 5.41) is 11.0. The molecule has 1 unspecified atom stereocenters. The first kappa shape index (κ1) is 12.8. The first-order chi connectivity index (χ1) is 9.66. The highest BCUT2D eigenvalue weighted by molar-refractivity contribution is 5.81. The summed E-state index contributed by atoms with van der Waals surface area (Å²) in [6, 6.07) is 11.2. The zero-order chi connectivity index (χ0) is 14.1. The molecular formula is C16H12F2O2. The predicted molar refractivity (Wildman–Crippen MR) is 71.2 cm³/mol. The van der Waals surface area contributed by atoms with Crippen LogP contribution in [0.3, 0.4) is 0 Å². The molecule has 0 saturated heterocycles. The van der Waals surface area contributed by atoms with E-state index in [9.17, 15) is 13.9 Å². The molecule has 1 N–H and O–H groups in total. The maximum absolute atomic E-state index is 13.6. The highest BCUT2D eigenvalue weighted by Crippen LogP contribution is 2.29. The van der Waals surface area contributed by atoms with Crippen LogP contribution in [-0.4, -0.2) is 5.11 Å². The van der Waals surface area contributed by atoms with Gasteiger partial charge < -0.3 is 9.52 Å². The first-order valence-electron chi connectivity index (χ1n) is 6.24. The quantitative estimate of drug-likeness (QED) is 0.783. The van der Waals surface area contributed by atoms with Gasteiger partial charge in [-0.15, -0.1) is 0 Å². The van der Waals surface area contributed by atoms with Gasteiger partial charge in [-0.25, -0.2) is 8.78 Å². The lowest BCUT2D eigenvalue weighted by atomic mass is 10.0. The third-order valence-electron chi connectivity index (χ3n) is 3.31. The van der Waals surface area contributed by atoms with Crippen LogP contribution in [0.2, 0.25) is 0 Å². The molecule has 0 aliphatic carbocycles. The van der Waals surface area contributed by atoms with E-state index in [4.69, 9.17) is 4.42 Å². The van der Waals surface area contributed by atoms with Crippen molar-refractivity contribution < 1.29 is 18.3 Å². The fourth-order valence-electron chi connectivity index (χ4n) is 2.28. The second-order valence-corrected chi connectivity index (χ2v) is 4.62. The van der Waals surface area contributed by atoms with Gasteiger partial charge in [0.25, 0.3) is 0 Å². The number of fused-ring (bicyclic) bond motifs is 1. The van der Waals surface area contributed by atoms with Gasteiger partial charge in [-0.2, -0.15) is 0 Å². The van der Waals surface area contributed by atoms with E-state index in [0.29, 0.717) is 11.1 Å². The molecule has 0 spiro atoms. The lowest BCUT2D eigenvalue weighted by Crippen LogP contribution is -2.04. The average Bonchev–Trinajstić information content (AvgIpc) is 2.88. The number of aliphatic hydroxyl groups excluding tert-OH is 1. The second-order valence-electron chi connectivity index (χ2n) is 4.62. The Balaban J connectivity index is 1.93. The van der Waals surface area contributed by atoms with E-state index in [1.54, 1.807) is 6.07 Å². The van der Waals surface area contributed by atoms with Gasteiger partial charge in [0, 0.05) is 17.4 Å². The van der Waals surface area contributed by atoms with Gasteiger partial charge in [0.2, 0.25) is 0 Å². The molecule has 2 aromatic carbocycles. The van der Waals surface area contributed by atoms with Crippen LogP contribution in [0.1, 0.15) is 17.2 Å². The highest BCUT2D eigenvalue weighted by atomic mass is 19.2. The zero-order valence-corrected chi connectivity index (χ0v) is 10.5. The fraction of sp³-hybridized carbons (Fsp3) is 0.125. The largest absolute Gasteiger partial charge is 0.464 e. The van der Waals surface area contributed by atoms with Crippen molar-refractivity contribution in [3.8, 4) is 0 Å². The maximum atomic E-state index is 13.6. The molecule has 3 rings (SSSR count). The van der Waals surface area contributed by atoms with Gasteiger partial charge in [-0.3, -0.25) is 0 Å². The molecule has 0 aliphatic rings. The molecular weight excluding hydrogens is 262 g/mol. The van der Waals surface area contributed by atoms with Gasteiger partial charge in [-0.1, -0.05) is 30.3 Å². The molecule has 4 heteroatoms. The molecule has 0 aliphatic heterocycles. The average molecular weight is 274 g/mol. The minimum atomic E-state index is -0.949. The summed E-state index contributed by atoms with van der Waals surface area (Å²) in [6.07, 6.45) is 0.495. The van der Waals surface area contributed by atoms with Gasteiger partial charge in [0.1, 0.15) is 5.58 Å². The fourth-order valence-corrected chi connectivity index (χ4v) is 2.28. The highest BCUT2D eigenvalue weighted by Gasteiger charge is 2.17. The Morgan fingerprint density at radius 1 is 1.05 bits per heavy atom. The minimum Gasteiger partial charge on any atom is -0.464 e. The monoisotopic (exact) mass is 274 g/mol. The molecule has 20 heavy (non-hydrogen) atoms. The first-order valence-corrected chi connectivity index (χ1v) is 6.24. The molecule has 0 bridgehead atoms. The summed E-state index contributed by atoms with van der Waals surface area (Å²) in [4.78, 5) is 0. The summed E-state index contributed by atoms with van der Waals surface area (Å²) in [7, 11) is 0. The topological polar surface area (TPSA) is 33.4 Å². The molecule has 1 atom stereocenters. The van der Waals surface area contributed by atoms with Gasteiger partial charge in [0.05, 0.1) is 12.4 Å². The van der Waals surface area contributed by atoms with Crippen molar-refractivity contribution in [2.24, 2.45) is 0 Å². The summed E-state index contributed by atoms with van der Waals surface area (Å²) < 4.78 is 32.1. The van der Waals surface area contributed by atoms with E-state index in [-0.39, 0.29) is 12.0 Å². The number of hydrogen-bond acceptors (Lipinski definition) is 2. The Hall–Kier alpha value is -2.20. The number of furan rings is 1. The zero-order valence-electron chi connectivity index (χ0n) is 10.5. The van der Waals surface area contributed by atoms with Crippen molar-refractivity contribution in [3.05, 3.63) is 71.5 Å². The van der Waals surface area contributed by atoms with Crippen molar-refractivity contribution in [1.29, 1.82) is 0 Å². The Morgan fingerprint density at radius 3 is 2.70 bits per heavy atom. The van der Waals surface area contributed by atoms with Crippen LogP contribution < -0.4 is 0 Å². The third-order valence-corrected chi connectivity index (χ3v) is 3.31. The standard InChI is InChI=1S/C16H12F2O2/c17-13-6-3-4-10(16(13)18)8-14(19)12-9-20-15-7-2-1-5-11(12)15/h1-7,9,14,19H,8H2. The number of hydrogen-bond donors (Lipinski definition) is 1. The van der Waals surface area contributed by atoms with E-state index in [2.05, 4.69) is 0 Å². The SMILES string of the molecule is OC(Cc1cccc(F)c1F)c1coc2ccccc12. The van der Waals surface area contributed by atoms with Crippen molar-refractivity contribution in [1.82, 2.24) is 0 Å². The summed E-state index contributed by atoms with van der Waals surface area (Å²) in [6.45, 7) is 0. The molecule has 0 fully saturated rings. The molecule has 1 aromatic heterocycles. The molecule has 0 radical (unpaired) electrons. The molecule has 0 amide bonds. The molecule has 0 saturated carbocycles. The van der Waals surface area contributed by atoms with Crippen molar-refractivity contribution in [3.63, 3.8) is 0 Å². The predicted octanol–water partition coefficient (Wildman–Crippen LogP) is 3.99. The van der Waals surface area contributed by atoms with Crippen LogP contribution in [0.25, 0.3) is 11.0 Å². The third kappa shape index (κ3) is 2.18. The second kappa shape index (κ2) is 5.06. The number of rotatable bonds is 3. The lowest BCUT2D eigenvalue weighted by Gasteiger charge is -2.10. The van der Waals surface area contributed by atoms with Crippen LogP contribution in [-0.2, 0) is 6.42 Å². The Morgan fingerprint density at radius 2 is 1.85 bits per heavy atom.